The quantitative estimate of drug-likeness (QED) is 0.0781. The van der Waals surface area contributed by atoms with E-state index in [1.54, 1.807) is 7.11 Å². The molecule has 8 nitrogen and oxygen atoms in total. The third kappa shape index (κ3) is 22.3. The maximum atomic E-state index is 12.2. The van der Waals surface area contributed by atoms with Crippen molar-refractivity contribution >= 4 is 7.82 Å². The average molecular weight is 579 g/mol. The van der Waals surface area contributed by atoms with Crippen molar-refractivity contribution < 1.29 is 28.0 Å². The molecule has 1 fully saturated rings. The lowest BCUT2D eigenvalue weighted by Crippen LogP contribution is -2.46. The fourth-order valence-electron chi connectivity index (χ4n) is 4.98. The molecule has 0 spiro atoms. The van der Waals surface area contributed by atoms with Crippen molar-refractivity contribution in [2.45, 2.75) is 123 Å². The van der Waals surface area contributed by atoms with E-state index < -0.39 is 13.9 Å². The number of methoxy groups -OCH3 is 1. The van der Waals surface area contributed by atoms with E-state index in [-0.39, 0.29) is 13.2 Å². The number of hydrogen-bond donors (Lipinski definition) is 1. The van der Waals surface area contributed by atoms with Gasteiger partial charge in [0.05, 0.1) is 19.8 Å². The molecule has 1 aliphatic heterocycles. The molecule has 234 valence electrons. The lowest BCUT2D eigenvalue weighted by Gasteiger charge is -2.33. The van der Waals surface area contributed by atoms with Crippen molar-refractivity contribution in [3.05, 3.63) is 0 Å². The van der Waals surface area contributed by atoms with E-state index in [1.807, 2.05) is 0 Å². The molecule has 0 saturated carbocycles. The Morgan fingerprint density at radius 2 is 1.15 bits per heavy atom. The van der Waals surface area contributed by atoms with Crippen molar-refractivity contribution in [3.63, 3.8) is 0 Å². The van der Waals surface area contributed by atoms with Crippen LogP contribution in [0.15, 0.2) is 0 Å². The van der Waals surface area contributed by atoms with E-state index in [1.165, 1.54) is 96.3 Å². The highest BCUT2D eigenvalue weighted by molar-refractivity contribution is 7.47. The van der Waals surface area contributed by atoms with Gasteiger partial charge in [-0.25, -0.2) is 4.57 Å². The summed E-state index contributed by atoms with van der Waals surface area (Å²) in [5.41, 5.74) is 0. The first kappa shape index (κ1) is 37.0. The average Bonchev–Trinajstić information content (AvgIpc) is 2.94. The fourth-order valence-corrected chi connectivity index (χ4v) is 5.72. The number of nitrogens with zero attached hydrogens (tertiary/aromatic N) is 2. The van der Waals surface area contributed by atoms with Gasteiger partial charge in [0.25, 0.3) is 0 Å². The van der Waals surface area contributed by atoms with Gasteiger partial charge in [-0.05, 0) is 13.0 Å². The van der Waals surface area contributed by atoms with E-state index in [4.69, 9.17) is 18.5 Å². The Bertz CT molecular complexity index is 578. The molecule has 0 aromatic rings. The Balaban J connectivity index is 1.89. The third-order valence-corrected chi connectivity index (χ3v) is 8.76. The number of likely N-dealkylation sites (N-methyl/N-ethyl adjacent to an activating group) is 1. The largest absolute Gasteiger partial charge is 0.472 e. The molecule has 2 unspecified atom stereocenters. The molecular formula is C30H63N2O6P. The summed E-state index contributed by atoms with van der Waals surface area (Å²) in [4.78, 5) is 14.6. The molecule has 0 bridgehead atoms. The summed E-state index contributed by atoms with van der Waals surface area (Å²) in [7, 11) is -2.54. The number of rotatable bonds is 28. The lowest BCUT2D eigenvalue weighted by molar-refractivity contribution is -0.0225. The SMILES string of the molecule is CCCCCCCCCCCCCCCCCCOCC(COP(=O)(O)OCCN1CCN(CC)CC1)OC. The van der Waals surface area contributed by atoms with Gasteiger partial charge >= 0.3 is 7.82 Å². The van der Waals surface area contributed by atoms with Crippen LogP contribution in [0.5, 0.6) is 0 Å². The molecule has 0 radical (unpaired) electrons. The molecule has 1 saturated heterocycles. The van der Waals surface area contributed by atoms with Crippen molar-refractivity contribution in [3.8, 4) is 0 Å². The number of hydrogen-bond acceptors (Lipinski definition) is 7. The first-order valence-electron chi connectivity index (χ1n) is 16.2. The minimum absolute atomic E-state index is 0.0294. The van der Waals surface area contributed by atoms with Gasteiger partial charge < -0.3 is 19.3 Å². The predicted octanol–water partition coefficient (Wildman–Crippen LogP) is 7.05. The van der Waals surface area contributed by atoms with Gasteiger partial charge in [-0.2, -0.15) is 0 Å². The second-order valence-corrected chi connectivity index (χ2v) is 12.6. The summed E-state index contributed by atoms with van der Waals surface area (Å²) in [5, 5.41) is 0. The number of unbranched alkanes of at least 4 members (excludes halogenated alkanes) is 15. The van der Waals surface area contributed by atoms with Crippen LogP contribution in [0.25, 0.3) is 0 Å². The monoisotopic (exact) mass is 578 g/mol. The van der Waals surface area contributed by atoms with Gasteiger partial charge in [-0.3, -0.25) is 13.9 Å². The maximum absolute atomic E-state index is 12.2. The van der Waals surface area contributed by atoms with E-state index in [2.05, 4.69) is 23.6 Å². The Kier molecular flexibility index (Phi) is 24.3. The minimum atomic E-state index is -4.10. The van der Waals surface area contributed by atoms with Gasteiger partial charge in [-0.15, -0.1) is 0 Å². The van der Waals surface area contributed by atoms with Crippen LogP contribution in [0.3, 0.4) is 0 Å². The highest BCUT2D eigenvalue weighted by Crippen LogP contribution is 2.43. The van der Waals surface area contributed by atoms with Crippen LogP contribution in [-0.2, 0) is 23.1 Å². The topological polar surface area (TPSA) is 80.7 Å². The summed E-state index contributed by atoms with van der Waals surface area (Å²) >= 11 is 0. The van der Waals surface area contributed by atoms with Crippen LogP contribution in [-0.4, -0.2) is 93.6 Å². The Labute approximate surface area is 241 Å². The third-order valence-electron chi connectivity index (χ3n) is 7.78. The minimum Gasteiger partial charge on any atom is -0.379 e. The highest BCUT2D eigenvalue weighted by Gasteiger charge is 2.24. The second-order valence-electron chi connectivity index (χ2n) is 11.1. The number of phosphoric acid groups is 1. The molecule has 1 heterocycles. The first-order chi connectivity index (χ1) is 19.0. The summed E-state index contributed by atoms with van der Waals surface area (Å²) < 4.78 is 33.6. The highest BCUT2D eigenvalue weighted by atomic mass is 31.2. The summed E-state index contributed by atoms with van der Waals surface area (Å²) in [6, 6.07) is 0. The zero-order valence-corrected chi connectivity index (χ0v) is 26.7. The standard InChI is InChI=1S/C30H63N2O6P/c1-4-6-7-8-9-10-11-12-13-14-15-16-17-18-19-20-26-36-28-30(35-3)29-38-39(33,34)37-27-25-32-23-21-31(5-2)22-24-32/h30H,4-29H2,1-3H3,(H,33,34). The molecule has 1 aliphatic rings. The molecule has 2 atom stereocenters. The molecule has 0 aliphatic carbocycles. The van der Waals surface area contributed by atoms with Crippen LogP contribution in [0.1, 0.15) is 117 Å². The Hall–Kier alpha value is -0.0500. The van der Waals surface area contributed by atoms with E-state index >= 15 is 0 Å². The molecule has 0 aromatic heterocycles. The zero-order chi connectivity index (χ0) is 28.4. The smallest absolute Gasteiger partial charge is 0.379 e. The fraction of sp³-hybridized carbons (Fsp3) is 1.00. The van der Waals surface area contributed by atoms with Crippen molar-refractivity contribution in [1.82, 2.24) is 9.80 Å². The summed E-state index contributed by atoms with van der Waals surface area (Å²) in [5.74, 6) is 0. The number of ether oxygens (including phenoxy) is 2. The Morgan fingerprint density at radius 3 is 1.64 bits per heavy atom. The normalized spacial score (nSPS) is 17.4. The van der Waals surface area contributed by atoms with E-state index in [9.17, 15) is 9.46 Å². The zero-order valence-electron chi connectivity index (χ0n) is 25.8. The summed E-state index contributed by atoms with van der Waals surface area (Å²) in [6.45, 7) is 11.3. The Morgan fingerprint density at radius 1 is 0.667 bits per heavy atom. The number of phosphoric ester groups is 1. The van der Waals surface area contributed by atoms with Crippen LogP contribution >= 0.6 is 7.82 Å². The molecule has 0 aromatic carbocycles. The van der Waals surface area contributed by atoms with E-state index in [0.717, 1.165) is 39.1 Å². The van der Waals surface area contributed by atoms with Gasteiger partial charge in [0.15, 0.2) is 0 Å². The first-order valence-corrected chi connectivity index (χ1v) is 17.7. The van der Waals surface area contributed by atoms with Crippen LogP contribution in [0.4, 0.5) is 0 Å². The van der Waals surface area contributed by atoms with Gasteiger partial charge in [0.1, 0.15) is 6.10 Å². The molecule has 39 heavy (non-hydrogen) atoms. The van der Waals surface area contributed by atoms with E-state index in [0.29, 0.717) is 19.8 Å². The van der Waals surface area contributed by atoms with Crippen molar-refractivity contribution in [2.75, 3.05) is 72.8 Å². The molecule has 1 rings (SSSR count). The van der Waals surface area contributed by atoms with Crippen molar-refractivity contribution in [2.24, 2.45) is 0 Å². The lowest BCUT2D eigenvalue weighted by atomic mass is 10.0. The predicted molar refractivity (Wildman–Crippen MR) is 161 cm³/mol. The van der Waals surface area contributed by atoms with Gasteiger partial charge in [0.2, 0.25) is 0 Å². The van der Waals surface area contributed by atoms with Crippen LogP contribution < -0.4 is 0 Å². The van der Waals surface area contributed by atoms with Crippen molar-refractivity contribution in [1.29, 1.82) is 0 Å². The second kappa shape index (κ2) is 25.6. The van der Waals surface area contributed by atoms with Gasteiger partial charge in [0, 0.05) is 46.4 Å². The van der Waals surface area contributed by atoms with Crippen LogP contribution in [0.2, 0.25) is 0 Å². The van der Waals surface area contributed by atoms with Gasteiger partial charge in [-0.1, -0.05) is 110 Å². The molecule has 0 amide bonds. The number of piperazine rings is 1. The molecular weight excluding hydrogens is 515 g/mol. The van der Waals surface area contributed by atoms with Crippen LogP contribution in [0, 0.1) is 0 Å². The maximum Gasteiger partial charge on any atom is 0.472 e. The molecule has 1 N–H and O–H groups in total. The summed E-state index contributed by atoms with van der Waals surface area (Å²) in [6.07, 6.45) is 21.2. The molecule has 9 heteroatoms.